The Morgan fingerprint density at radius 2 is 1.83 bits per heavy atom. The van der Waals surface area contributed by atoms with Gasteiger partial charge in [0.15, 0.2) is 0 Å². The number of halogens is 2. The zero-order chi connectivity index (χ0) is 8.60. The van der Waals surface area contributed by atoms with Crippen LogP contribution in [0.1, 0.15) is 24.3 Å². The molecule has 0 atom stereocenters. The predicted octanol–water partition coefficient (Wildman–Crippen LogP) is 3.00. The van der Waals surface area contributed by atoms with Crippen molar-refractivity contribution in [2.45, 2.75) is 24.7 Å². The first-order valence-corrected chi connectivity index (χ1v) is 4.01. The lowest BCUT2D eigenvalue weighted by molar-refractivity contribution is -0.0867. The van der Waals surface area contributed by atoms with E-state index in [9.17, 15) is 8.78 Å². The minimum absolute atomic E-state index is 0.0109. The Kier molecular flexibility index (Phi) is 1.63. The van der Waals surface area contributed by atoms with Crippen molar-refractivity contribution in [2.75, 3.05) is 0 Å². The molecular formula is C10H9F2. The van der Waals surface area contributed by atoms with Crippen LogP contribution in [-0.2, 0) is 0 Å². The molecule has 12 heavy (non-hydrogen) atoms. The van der Waals surface area contributed by atoms with Gasteiger partial charge in [-0.25, -0.2) is 8.78 Å². The van der Waals surface area contributed by atoms with Gasteiger partial charge < -0.3 is 0 Å². The molecule has 2 rings (SSSR count). The second-order valence-electron chi connectivity index (χ2n) is 3.29. The third kappa shape index (κ3) is 1.33. The van der Waals surface area contributed by atoms with Crippen LogP contribution in [0.4, 0.5) is 8.78 Å². The largest absolute Gasteiger partial charge is 0.249 e. The first-order valence-electron chi connectivity index (χ1n) is 4.01. The molecule has 63 valence electrons. The van der Waals surface area contributed by atoms with E-state index in [0.29, 0.717) is 0 Å². The summed E-state index contributed by atoms with van der Waals surface area (Å²) in [5.41, 5.74) is 1.01. The van der Waals surface area contributed by atoms with Gasteiger partial charge in [0.1, 0.15) is 0 Å². The van der Waals surface area contributed by atoms with Crippen molar-refractivity contribution in [3.8, 4) is 0 Å². The summed E-state index contributed by atoms with van der Waals surface area (Å²) in [4.78, 5) is 0. The molecule has 0 saturated heterocycles. The van der Waals surface area contributed by atoms with E-state index in [2.05, 4.69) is 6.07 Å². The molecule has 1 aliphatic rings. The third-order valence-electron chi connectivity index (χ3n) is 2.31. The standard InChI is InChI=1S/C10H9F2/c11-10(12)6-9(7-10)8-4-2-1-3-5-8/h2-5,9H,6-7H2. The molecule has 0 N–H and O–H groups in total. The molecule has 1 fully saturated rings. The average molecular weight is 167 g/mol. The summed E-state index contributed by atoms with van der Waals surface area (Å²) in [6.45, 7) is 0. The lowest BCUT2D eigenvalue weighted by Crippen LogP contribution is -2.33. The Balaban J connectivity index is 2.06. The molecule has 0 heterocycles. The predicted molar refractivity (Wildman–Crippen MR) is 42.2 cm³/mol. The molecule has 1 aliphatic carbocycles. The van der Waals surface area contributed by atoms with Crippen molar-refractivity contribution in [2.24, 2.45) is 0 Å². The topological polar surface area (TPSA) is 0 Å². The van der Waals surface area contributed by atoms with Crippen molar-refractivity contribution >= 4 is 0 Å². The molecule has 0 unspecified atom stereocenters. The normalized spacial score (nSPS) is 21.8. The van der Waals surface area contributed by atoms with Gasteiger partial charge in [0, 0.05) is 12.8 Å². The lowest BCUT2D eigenvalue weighted by Gasteiger charge is -2.35. The molecule has 0 aliphatic heterocycles. The van der Waals surface area contributed by atoms with Crippen LogP contribution in [0.3, 0.4) is 0 Å². The molecule has 1 aromatic carbocycles. The van der Waals surface area contributed by atoms with Gasteiger partial charge in [0.25, 0.3) is 0 Å². The highest BCUT2D eigenvalue weighted by Crippen LogP contribution is 2.47. The zero-order valence-electron chi connectivity index (χ0n) is 6.56. The SMILES string of the molecule is FC1(F)CC(c2cc[c]cc2)C1. The molecule has 0 nitrogen and oxygen atoms in total. The van der Waals surface area contributed by atoms with E-state index in [1.165, 1.54) is 0 Å². The van der Waals surface area contributed by atoms with Crippen molar-refractivity contribution in [1.82, 2.24) is 0 Å². The van der Waals surface area contributed by atoms with E-state index in [4.69, 9.17) is 0 Å². The fraction of sp³-hybridized carbons (Fsp3) is 0.400. The van der Waals surface area contributed by atoms with Crippen molar-refractivity contribution in [3.63, 3.8) is 0 Å². The summed E-state index contributed by atoms with van der Waals surface area (Å²) in [6.07, 6.45) is 0.0219. The highest BCUT2D eigenvalue weighted by atomic mass is 19.3. The first-order chi connectivity index (χ1) is 5.67. The molecule has 0 bridgehead atoms. The van der Waals surface area contributed by atoms with Crippen molar-refractivity contribution < 1.29 is 8.78 Å². The molecule has 1 radical (unpaired) electrons. The van der Waals surface area contributed by atoms with Crippen LogP contribution in [0.25, 0.3) is 0 Å². The summed E-state index contributed by atoms with van der Waals surface area (Å²) < 4.78 is 24.9. The number of alkyl halides is 2. The summed E-state index contributed by atoms with van der Waals surface area (Å²) >= 11 is 0. The highest BCUT2D eigenvalue weighted by molar-refractivity contribution is 5.22. The van der Waals surface area contributed by atoms with Crippen LogP contribution in [0.15, 0.2) is 24.3 Å². The summed E-state index contributed by atoms with van der Waals surface area (Å²) in [5, 5.41) is 0. The quantitative estimate of drug-likeness (QED) is 0.603. The van der Waals surface area contributed by atoms with Crippen LogP contribution >= 0.6 is 0 Å². The van der Waals surface area contributed by atoms with Crippen LogP contribution in [0, 0.1) is 6.07 Å². The van der Waals surface area contributed by atoms with Crippen LogP contribution in [0.5, 0.6) is 0 Å². The molecule has 0 spiro atoms. The Morgan fingerprint density at radius 1 is 1.25 bits per heavy atom. The average Bonchev–Trinajstić information content (AvgIpc) is 2.02. The highest BCUT2D eigenvalue weighted by Gasteiger charge is 2.45. The van der Waals surface area contributed by atoms with Crippen molar-refractivity contribution in [1.29, 1.82) is 0 Å². The van der Waals surface area contributed by atoms with E-state index in [0.717, 1.165) is 5.56 Å². The maximum atomic E-state index is 12.5. The Labute approximate surface area is 70.2 Å². The zero-order valence-corrected chi connectivity index (χ0v) is 6.56. The number of rotatable bonds is 1. The summed E-state index contributed by atoms with van der Waals surface area (Å²) in [7, 11) is 0. The number of hydrogen-bond donors (Lipinski definition) is 0. The Morgan fingerprint density at radius 3 is 2.33 bits per heavy atom. The fourth-order valence-corrected chi connectivity index (χ4v) is 1.57. The van der Waals surface area contributed by atoms with Gasteiger partial charge in [-0.1, -0.05) is 24.3 Å². The maximum absolute atomic E-state index is 12.5. The molecule has 1 saturated carbocycles. The van der Waals surface area contributed by atoms with Crippen LogP contribution in [-0.4, -0.2) is 5.92 Å². The minimum atomic E-state index is -2.41. The Bertz CT molecular complexity index is 258. The minimum Gasteiger partial charge on any atom is -0.207 e. The van der Waals surface area contributed by atoms with E-state index >= 15 is 0 Å². The van der Waals surface area contributed by atoms with Gasteiger partial charge in [-0.2, -0.15) is 0 Å². The molecule has 0 aromatic heterocycles. The van der Waals surface area contributed by atoms with Gasteiger partial charge in [0.05, 0.1) is 0 Å². The second-order valence-corrected chi connectivity index (χ2v) is 3.29. The van der Waals surface area contributed by atoms with Crippen molar-refractivity contribution in [3.05, 3.63) is 35.9 Å². The smallest absolute Gasteiger partial charge is 0.207 e. The van der Waals surface area contributed by atoms with Gasteiger partial charge in [-0.15, -0.1) is 0 Å². The summed E-state index contributed by atoms with van der Waals surface area (Å²) in [5.74, 6) is -2.35. The number of benzene rings is 1. The molecule has 1 aromatic rings. The Hall–Kier alpha value is -0.920. The van der Waals surface area contributed by atoms with E-state index in [1.807, 2.05) is 12.1 Å². The lowest BCUT2D eigenvalue weighted by atomic mass is 9.77. The monoisotopic (exact) mass is 167 g/mol. The fourth-order valence-electron chi connectivity index (χ4n) is 1.57. The van der Waals surface area contributed by atoms with Crippen LogP contribution in [0.2, 0.25) is 0 Å². The molecule has 2 heteroatoms. The van der Waals surface area contributed by atoms with E-state index < -0.39 is 5.92 Å². The summed E-state index contributed by atoms with van der Waals surface area (Å²) in [6, 6.07) is 10.1. The van der Waals surface area contributed by atoms with E-state index in [1.54, 1.807) is 12.1 Å². The van der Waals surface area contributed by atoms with Gasteiger partial charge in [-0.05, 0) is 17.5 Å². The number of hydrogen-bond acceptors (Lipinski definition) is 0. The molecule has 0 amide bonds. The van der Waals surface area contributed by atoms with Crippen LogP contribution < -0.4 is 0 Å². The van der Waals surface area contributed by atoms with E-state index in [-0.39, 0.29) is 18.8 Å². The van der Waals surface area contributed by atoms with Gasteiger partial charge in [-0.3, -0.25) is 0 Å². The molecular weight excluding hydrogens is 158 g/mol. The first kappa shape index (κ1) is 7.71. The second kappa shape index (κ2) is 2.54. The van der Waals surface area contributed by atoms with Gasteiger partial charge >= 0.3 is 0 Å². The maximum Gasteiger partial charge on any atom is 0.249 e. The third-order valence-corrected chi connectivity index (χ3v) is 2.31. The van der Waals surface area contributed by atoms with Gasteiger partial charge in [0.2, 0.25) is 5.92 Å².